The standard InChI is InChI=1S/C15H23N3O4/c1-9-11(13(16)19)12(22-17-9)10-5-7-18(8-6-10)14(20)21-15(2,3)4/h10H,5-8H2,1-4H3,(H2,16,19). The summed E-state index contributed by atoms with van der Waals surface area (Å²) in [5.41, 5.74) is 5.77. The Bertz CT molecular complexity index is 566. The van der Waals surface area contributed by atoms with Gasteiger partial charge in [0.2, 0.25) is 0 Å². The molecule has 22 heavy (non-hydrogen) atoms. The van der Waals surface area contributed by atoms with Crippen molar-refractivity contribution in [2.24, 2.45) is 5.73 Å². The molecule has 0 aliphatic carbocycles. The average molecular weight is 309 g/mol. The van der Waals surface area contributed by atoms with E-state index in [1.54, 1.807) is 11.8 Å². The maximum absolute atomic E-state index is 12.0. The van der Waals surface area contributed by atoms with E-state index in [1.807, 2.05) is 20.8 Å². The smallest absolute Gasteiger partial charge is 0.410 e. The summed E-state index contributed by atoms with van der Waals surface area (Å²) < 4.78 is 10.6. The molecule has 2 rings (SSSR count). The maximum atomic E-state index is 12.0. The predicted molar refractivity (Wildman–Crippen MR) is 79.5 cm³/mol. The average Bonchev–Trinajstić information content (AvgIpc) is 2.79. The Morgan fingerprint density at radius 3 is 2.41 bits per heavy atom. The maximum Gasteiger partial charge on any atom is 0.410 e. The Hall–Kier alpha value is -2.05. The summed E-state index contributed by atoms with van der Waals surface area (Å²) in [6, 6.07) is 0. The molecule has 0 radical (unpaired) electrons. The number of nitrogens with zero attached hydrogens (tertiary/aromatic N) is 2. The molecule has 2 amide bonds. The van der Waals surface area contributed by atoms with Gasteiger partial charge in [-0.05, 0) is 40.5 Å². The molecular formula is C15H23N3O4. The Labute approximate surface area is 129 Å². The summed E-state index contributed by atoms with van der Waals surface area (Å²) in [5.74, 6) is 0.0551. The summed E-state index contributed by atoms with van der Waals surface area (Å²) in [6.07, 6.45) is 1.07. The van der Waals surface area contributed by atoms with Gasteiger partial charge in [0, 0.05) is 19.0 Å². The first-order valence-electron chi connectivity index (χ1n) is 7.43. The molecule has 7 heteroatoms. The van der Waals surface area contributed by atoms with Crippen LogP contribution in [0, 0.1) is 6.92 Å². The monoisotopic (exact) mass is 309 g/mol. The molecule has 1 aliphatic heterocycles. The lowest BCUT2D eigenvalue weighted by atomic mass is 9.91. The number of ether oxygens (including phenoxy) is 1. The number of aryl methyl sites for hydroxylation is 1. The van der Waals surface area contributed by atoms with Crippen LogP contribution >= 0.6 is 0 Å². The Morgan fingerprint density at radius 1 is 1.32 bits per heavy atom. The van der Waals surface area contributed by atoms with E-state index in [0.717, 1.165) is 0 Å². The number of nitrogens with two attached hydrogens (primary N) is 1. The molecule has 1 saturated heterocycles. The predicted octanol–water partition coefficient (Wildman–Crippen LogP) is 2.20. The van der Waals surface area contributed by atoms with Crippen molar-refractivity contribution < 1.29 is 18.8 Å². The van der Waals surface area contributed by atoms with Crippen LogP contribution in [0.25, 0.3) is 0 Å². The third-order valence-electron chi connectivity index (χ3n) is 3.65. The third kappa shape index (κ3) is 3.58. The van der Waals surface area contributed by atoms with E-state index in [2.05, 4.69) is 5.16 Å². The van der Waals surface area contributed by atoms with Gasteiger partial charge < -0.3 is 19.9 Å². The molecule has 1 aromatic rings. The number of carbonyl (C=O) groups is 2. The fourth-order valence-electron chi connectivity index (χ4n) is 2.62. The van der Waals surface area contributed by atoms with Crippen LogP contribution < -0.4 is 5.73 Å². The number of amides is 2. The number of likely N-dealkylation sites (tertiary alicyclic amines) is 1. The highest BCUT2D eigenvalue weighted by atomic mass is 16.6. The highest BCUT2D eigenvalue weighted by molar-refractivity contribution is 5.95. The second-order valence-electron chi connectivity index (χ2n) is 6.61. The minimum absolute atomic E-state index is 0.0439. The largest absolute Gasteiger partial charge is 0.444 e. The van der Waals surface area contributed by atoms with Gasteiger partial charge in [-0.3, -0.25) is 4.79 Å². The van der Waals surface area contributed by atoms with Crippen molar-refractivity contribution in [2.45, 2.75) is 52.1 Å². The Balaban J connectivity index is 2.01. The van der Waals surface area contributed by atoms with Gasteiger partial charge in [0.15, 0.2) is 5.76 Å². The molecule has 0 bridgehead atoms. The van der Waals surface area contributed by atoms with Gasteiger partial charge >= 0.3 is 6.09 Å². The number of rotatable bonds is 2. The molecule has 1 aliphatic rings. The van der Waals surface area contributed by atoms with Crippen LogP contribution in [0.5, 0.6) is 0 Å². The normalized spacial score (nSPS) is 16.6. The third-order valence-corrected chi connectivity index (χ3v) is 3.65. The lowest BCUT2D eigenvalue weighted by molar-refractivity contribution is 0.0198. The highest BCUT2D eigenvalue weighted by Crippen LogP contribution is 2.32. The van der Waals surface area contributed by atoms with Crippen LogP contribution in [0.1, 0.15) is 61.3 Å². The summed E-state index contributed by atoms with van der Waals surface area (Å²) in [7, 11) is 0. The fourth-order valence-corrected chi connectivity index (χ4v) is 2.62. The van der Waals surface area contributed by atoms with Crippen LogP contribution in [-0.4, -0.2) is 40.7 Å². The van der Waals surface area contributed by atoms with E-state index in [9.17, 15) is 9.59 Å². The number of carbonyl (C=O) groups excluding carboxylic acids is 2. The molecule has 7 nitrogen and oxygen atoms in total. The molecule has 1 aromatic heterocycles. The number of aromatic nitrogens is 1. The lowest BCUT2D eigenvalue weighted by Crippen LogP contribution is -2.41. The molecule has 0 atom stereocenters. The summed E-state index contributed by atoms with van der Waals surface area (Å²) in [4.78, 5) is 25.2. The molecule has 2 N–H and O–H groups in total. The second-order valence-corrected chi connectivity index (χ2v) is 6.61. The van der Waals surface area contributed by atoms with Gasteiger partial charge in [-0.1, -0.05) is 5.16 Å². The first kappa shape index (κ1) is 16.3. The molecule has 122 valence electrons. The van der Waals surface area contributed by atoms with E-state index < -0.39 is 11.5 Å². The minimum atomic E-state index is -0.525. The molecule has 0 saturated carbocycles. The summed E-state index contributed by atoms with van der Waals surface area (Å²) in [6.45, 7) is 8.33. The molecule has 1 fully saturated rings. The number of piperidine rings is 1. The summed E-state index contributed by atoms with van der Waals surface area (Å²) in [5, 5.41) is 3.83. The van der Waals surface area contributed by atoms with Crippen LogP contribution in [0.3, 0.4) is 0 Å². The van der Waals surface area contributed by atoms with Gasteiger partial charge in [-0.25, -0.2) is 4.79 Å². The molecule has 0 aromatic carbocycles. The lowest BCUT2D eigenvalue weighted by Gasteiger charge is -2.32. The van der Waals surface area contributed by atoms with Gasteiger partial charge in [0.25, 0.3) is 5.91 Å². The van der Waals surface area contributed by atoms with Gasteiger partial charge in [-0.15, -0.1) is 0 Å². The van der Waals surface area contributed by atoms with E-state index in [4.69, 9.17) is 15.0 Å². The first-order chi connectivity index (χ1) is 10.2. The summed E-state index contributed by atoms with van der Waals surface area (Å²) >= 11 is 0. The first-order valence-corrected chi connectivity index (χ1v) is 7.43. The van der Waals surface area contributed by atoms with E-state index >= 15 is 0 Å². The molecule has 0 unspecified atom stereocenters. The van der Waals surface area contributed by atoms with Crippen LogP contribution in [0.4, 0.5) is 4.79 Å². The van der Waals surface area contributed by atoms with Crippen molar-refractivity contribution in [3.63, 3.8) is 0 Å². The Morgan fingerprint density at radius 2 is 1.91 bits per heavy atom. The minimum Gasteiger partial charge on any atom is -0.444 e. The van der Waals surface area contributed by atoms with Crippen molar-refractivity contribution in [1.29, 1.82) is 0 Å². The van der Waals surface area contributed by atoms with E-state index in [-0.39, 0.29) is 12.0 Å². The number of hydrogen-bond acceptors (Lipinski definition) is 5. The SMILES string of the molecule is Cc1noc(C2CCN(C(=O)OC(C)(C)C)CC2)c1C(N)=O. The molecular weight excluding hydrogens is 286 g/mol. The zero-order valence-corrected chi connectivity index (χ0v) is 13.5. The highest BCUT2D eigenvalue weighted by Gasteiger charge is 2.32. The number of hydrogen-bond donors (Lipinski definition) is 1. The van der Waals surface area contributed by atoms with Gasteiger partial charge in [0.1, 0.15) is 11.2 Å². The Kier molecular flexibility index (Phi) is 4.44. The van der Waals surface area contributed by atoms with Crippen molar-refractivity contribution >= 4 is 12.0 Å². The van der Waals surface area contributed by atoms with Crippen molar-refractivity contribution in [3.05, 3.63) is 17.0 Å². The topological polar surface area (TPSA) is 98.7 Å². The van der Waals surface area contributed by atoms with Gasteiger partial charge in [0.05, 0.1) is 5.69 Å². The van der Waals surface area contributed by atoms with E-state index in [1.165, 1.54) is 0 Å². The van der Waals surface area contributed by atoms with Crippen molar-refractivity contribution in [3.8, 4) is 0 Å². The van der Waals surface area contributed by atoms with Crippen LogP contribution in [-0.2, 0) is 4.74 Å². The second kappa shape index (κ2) is 5.98. The van der Waals surface area contributed by atoms with E-state index in [0.29, 0.717) is 42.9 Å². The quantitative estimate of drug-likeness (QED) is 0.903. The zero-order chi connectivity index (χ0) is 16.5. The number of primary amides is 1. The molecule has 0 spiro atoms. The van der Waals surface area contributed by atoms with Crippen LogP contribution in [0.15, 0.2) is 4.52 Å². The fraction of sp³-hybridized carbons (Fsp3) is 0.667. The van der Waals surface area contributed by atoms with Crippen molar-refractivity contribution in [2.75, 3.05) is 13.1 Å². The zero-order valence-electron chi connectivity index (χ0n) is 13.5. The van der Waals surface area contributed by atoms with Crippen molar-refractivity contribution in [1.82, 2.24) is 10.1 Å². The molecule has 2 heterocycles. The van der Waals surface area contributed by atoms with Crippen LogP contribution in [0.2, 0.25) is 0 Å². The van der Waals surface area contributed by atoms with Gasteiger partial charge in [-0.2, -0.15) is 0 Å².